The normalized spacial score (nSPS) is 17.0. The molecule has 45 heavy (non-hydrogen) atoms. The number of halogens is 5. The maximum absolute atomic E-state index is 15.4. The van der Waals surface area contributed by atoms with Gasteiger partial charge in [-0.3, -0.25) is 4.79 Å². The molecule has 2 heterocycles. The van der Waals surface area contributed by atoms with Crippen LogP contribution in [0.5, 0.6) is 0 Å². The Balaban J connectivity index is 1.25. The first-order valence-corrected chi connectivity index (χ1v) is 15.3. The highest BCUT2D eigenvalue weighted by Gasteiger charge is 2.53. The lowest BCUT2D eigenvalue weighted by Crippen LogP contribution is -2.29. The summed E-state index contributed by atoms with van der Waals surface area (Å²) in [6.45, 7) is 0.462. The SMILES string of the molecule is O=C(Nc1ccc(-c2cnc3nc2NCCCNS(=O)(=O)c2cccc(c2)N3)cc1F)C1(c2cc(C(F)(F)F)ccc2F)CC1. The van der Waals surface area contributed by atoms with Gasteiger partial charge in [0.05, 0.1) is 21.6 Å². The molecule has 4 aromatic rings. The average Bonchev–Trinajstić information content (AvgIpc) is 3.80. The number of sulfonamides is 1. The maximum Gasteiger partial charge on any atom is 0.416 e. The topological polar surface area (TPSA) is 125 Å². The van der Waals surface area contributed by atoms with Gasteiger partial charge in [0.1, 0.15) is 17.5 Å². The molecule has 4 N–H and O–H groups in total. The third kappa shape index (κ3) is 6.17. The average molecular weight is 645 g/mol. The Morgan fingerprint density at radius 3 is 2.49 bits per heavy atom. The summed E-state index contributed by atoms with van der Waals surface area (Å²) >= 11 is 0. The third-order valence-corrected chi connectivity index (χ3v) is 9.11. The van der Waals surface area contributed by atoms with Crippen LogP contribution in [0, 0.1) is 11.6 Å². The number of aromatic nitrogens is 2. The van der Waals surface area contributed by atoms with E-state index >= 15 is 4.39 Å². The number of anilines is 4. The predicted octanol–water partition coefficient (Wildman–Crippen LogP) is 5.95. The molecule has 1 fully saturated rings. The number of carbonyl (C=O) groups is 1. The molecule has 0 unspecified atom stereocenters. The van der Waals surface area contributed by atoms with Crippen molar-refractivity contribution in [3.8, 4) is 11.1 Å². The number of nitrogens with zero attached hydrogens (tertiary/aromatic N) is 2. The molecule has 1 aliphatic heterocycles. The van der Waals surface area contributed by atoms with Crippen molar-refractivity contribution in [2.24, 2.45) is 0 Å². The summed E-state index contributed by atoms with van der Waals surface area (Å²) in [7, 11) is -3.73. The fraction of sp³-hybridized carbons (Fsp3) is 0.233. The molecule has 1 aromatic heterocycles. The standard InChI is InChI=1S/C30H25F5N6O3S/c31-23-7-6-18(30(33,34)35)14-22(23)29(9-10-29)27(42)40-25-8-5-17(13-24(25)32)21-16-37-28-39-19-3-1-4-20(15-19)45(43,44)38-12-2-11-36-26(21)41-28/h1,3-8,13-16,38H,2,9-12H2,(H,40,42)(H2,36,37,39,41). The molecule has 234 valence electrons. The van der Waals surface area contributed by atoms with Crippen LogP contribution in [0.3, 0.4) is 0 Å². The van der Waals surface area contributed by atoms with Gasteiger partial charge in [0.15, 0.2) is 0 Å². The van der Waals surface area contributed by atoms with Crippen molar-refractivity contribution >= 4 is 39.1 Å². The second kappa shape index (κ2) is 11.4. The molecule has 4 bridgehead atoms. The van der Waals surface area contributed by atoms with Gasteiger partial charge in [0.25, 0.3) is 0 Å². The van der Waals surface area contributed by atoms with Crippen LogP contribution in [-0.2, 0) is 26.4 Å². The number of hydrogen-bond acceptors (Lipinski definition) is 7. The summed E-state index contributed by atoms with van der Waals surface area (Å²) in [5, 5.41) is 8.50. The first kappa shape index (κ1) is 30.4. The molecule has 6 rings (SSSR count). The lowest BCUT2D eigenvalue weighted by molar-refractivity contribution is -0.137. The molecular weight excluding hydrogens is 619 g/mol. The summed E-state index contributed by atoms with van der Waals surface area (Å²) in [6.07, 6.45) is -2.65. The Morgan fingerprint density at radius 2 is 1.76 bits per heavy atom. The highest BCUT2D eigenvalue weighted by molar-refractivity contribution is 7.89. The van der Waals surface area contributed by atoms with Gasteiger partial charge in [-0.2, -0.15) is 18.2 Å². The Kier molecular flexibility index (Phi) is 7.69. The number of amides is 1. The van der Waals surface area contributed by atoms with E-state index < -0.39 is 44.7 Å². The zero-order valence-electron chi connectivity index (χ0n) is 23.3. The fourth-order valence-electron chi connectivity index (χ4n) is 5.08. The summed E-state index contributed by atoms with van der Waals surface area (Å²) in [5.41, 5.74) is -2.06. The van der Waals surface area contributed by atoms with E-state index in [9.17, 15) is 30.8 Å². The summed E-state index contributed by atoms with van der Waals surface area (Å²) < 4.78 is 97.5. The van der Waals surface area contributed by atoms with Crippen LogP contribution >= 0.6 is 0 Å². The van der Waals surface area contributed by atoms with Crippen molar-refractivity contribution in [1.82, 2.24) is 14.7 Å². The minimum atomic E-state index is -4.72. The van der Waals surface area contributed by atoms with Gasteiger partial charge in [-0.25, -0.2) is 26.9 Å². The van der Waals surface area contributed by atoms with Crippen molar-refractivity contribution in [3.05, 3.63) is 89.6 Å². The van der Waals surface area contributed by atoms with E-state index in [2.05, 4.69) is 30.6 Å². The predicted molar refractivity (Wildman–Crippen MR) is 156 cm³/mol. The molecule has 1 aliphatic carbocycles. The van der Waals surface area contributed by atoms with Crippen LogP contribution in [0.1, 0.15) is 30.4 Å². The first-order chi connectivity index (χ1) is 21.4. The van der Waals surface area contributed by atoms with E-state index in [0.29, 0.717) is 53.8 Å². The minimum absolute atomic E-state index is 0.0757. The van der Waals surface area contributed by atoms with Crippen LogP contribution in [0.2, 0.25) is 0 Å². The highest BCUT2D eigenvalue weighted by Crippen LogP contribution is 2.51. The quantitative estimate of drug-likeness (QED) is 0.203. The van der Waals surface area contributed by atoms with Gasteiger partial charge >= 0.3 is 6.18 Å². The lowest BCUT2D eigenvalue weighted by atomic mass is 9.92. The number of benzene rings is 3. The van der Waals surface area contributed by atoms with Crippen LogP contribution in [-0.4, -0.2) is 37.4 Å². The number of fused-ring (bicyclic) bond motifs is 4. The molecule has 1 amide bonds. The van der Waals surface area contributed by atoms with Crippen LogP contribution in [0.15, 0.2) is 71.8 Å². The van der Waals surface area contributed by atoms with Gasteiger partial charge in [-0.15, -0.1) is 0 Å². The van der Waals surface area contributed by atoms with E-state index in [1.54, 1.807) is 12.1 Å². The Bertz CT molecular complexity index is 1910. The number of rotatable bonds is 4. The lowest BCUT2D eigenvalue weighted by Gasteiger charge is -2.19. The van der Waals surface area contributed by atoms with E-state index in [1.807, 2.05) is 0 Å². The molecule has 0 atom stereocenters. The van der Waals surface area contributed by atoms with E-state index in [4.69, 9.17) is 0 Å². The Morgan fingerprint density at radius 1 is 0.956 bits per heavy atom. The van der Waals surface area contributed by atoms with Crippen molar-refractivity contribution < 1.29 is 35.2 Å². The second-order valence-corrected chi connectivity index (χ2v) is 12.5. The van der Waals surface area contributed by atoms with Gasteiger partial charge in [-0.1, -0.05) is 12.1 Å². The Labute approximate surface area is 254 Å². The van der Waals surface area contributed by atoms with E-state index in [0.717, 1.165) is 6.07 Å². The summed E-state index contributed by atoms with van der Waals surface area (Å²) in [4.78, 5) is 22.0. The van der Waals surface area contributed by atoms with E-state index in [1.165, 1.54) is 30.5 Å². The zero-order valence-corrected chi connectivity index (χ0v) is 24.1. The zero-order chi connectivity index (χ0) is 32.0. The van der Waals surface area contributed by atoms with Crippen molar-refractivity contribution in [2.75, 3.05) is 29.0 Å². The van der Waals surface area contributed by atoms with Crippen LogP contribution in [0.25, 0.3) is 11.1 Å². The third-order valence-electron chi connectivity index (χ3n) is 7.65. The van der Waals surface area contributed by atoms with Crippen molar-refractivity contribution in [2.45, 2.75) is 35.7 Å². The minimum Gasteiger partial charge on any atom is -0.369 e. The molecule has 1 saturated carbocycles. The molecule has 0 saturated heterocycles. The van der Waals surface area contributed by atoms with Crippen LogP contribution in [0.4, 0.5) is 45.1 Å². The fourth-order valence-corrected chi connectivity index (χ4v) is 6.20. The second-order valence-electron chi connectivity index (χ2n) is 10.7. The monoisotopic (exact) mass is 644 g/mol. The molecule has 0 spiro atoms. The van der Waals surface area contributed by atoms with Gasteiger partial charge < -0.3 is 16.0 Å². The Hall–Kier alpha value is -4.63. The largest absolute Gasteiger partial charge is 0.416 e. The number of alkyl halides is 3. The maximum atomic E-state index is 15.4. The molecule has 2 aliphatic rings. The first-order valence-electron chi connectivity index (χ1n) is 13.8. The number of carbonyl (C=O) groups excluding carboxylic acids is 1. The van der Waals surface area contributed by atoms with Crippen molar-refractivity contribution in [1.29, 1.82) is 0 Å². The van der Waals surface area contributed by atoms with Crippen molar-refractivity contribution in [3.63, 3.8) is 0 Å². The summed E-state index contributed by atoms with van der Waals surface area (Å²) in [6, 6.07) is 12.0. The smallest absolute Gasteiger partial charge is 0.369 e. The van der Waals surface area contributed by atoms with Gasteiger partial charge in [0.2, 0.25) is 21.9 Å². The molecule has 9 nitrogen and oxygen atoms in total. The highest BCUT2D eigenvalue weighted by atomic mass is 32.2. The molecule has 0 radical (unpaired) electrons. The summed E-state index contributed by atoms with van der Waals surface area (Å²) in [5.74, 6) is -2.11. The molecular formula is C30H25F5N6O3S. The number of hydrogen-bond donors (Lipinski definition) is 4. The molecule has 15 heteroatoms. The van der Waals surface area contributed by atoms with Crippen LogP contribution < -0.4 is 20.7 Å². The van der Waals surface area contributed by atoms with Gasteiger partial charge in [0, 0.05) is 36.1 Å². The number of nitrogens with one attached hydrogen (secondary N) is 4. The molecule has 3 aromatic carbocycles. The van der Waals surface area contributed by atoms with E-state index in [-0.39, 0.29) is 41.5 Å². The van der Waals surface area contributed by atoms with Gasteiger partial charge in [-0.05, 0) is 73.4 Å².